The first-order valence-electron chi connectivity index (χ1n) is 8.03. The molecular formula is C17H22N2O5. The summed E-state index contributed by atoms with van der Waals surface area (Å²) in [6.07, 6.45) is 1.72. The first-order chi connectivity index (χ1) is 11.5. The first kappa shape index (κ1) is 17.8. The van der Waals surface area contributed by atoms with E-state index >= 15 is 0 Å². The second kappa shape index (κ2) is 7.33. The zero-order chi connectivity index (χ0) is 17.7. The van der Waals surface area contributed by atoms with Crippen LogP contribution in [0.15, 0.2) is 24.4 Å². The molecule has 0 spiro atoms. The van der Waals surface area contributed by atoms with Gasteiger partial charge in [-0.15, -0.1) is 0 Å². The monoisotopic (exact) mass is 334 g/mol. The Balaban J connectivity index is 2.45. The average Bonchev–Trinajstić information content (AvgIpc) is 2.95. The van der Waals surface area contributed by atoms with Crippen LogP contribution in [-0.2, 0) is 16.0 Å². The number of fused-ring (bicyclic) bond motifs is 1. The molecule has 24 heavy (non-hydrogen) atoms. The van der Waals surface area contributed by atoms with E-state index < -0.39 is 16.4 Å². The maximum absolute atomic E-state index is 12.3. The third-order valence-electron chi connectivity index (χ3n) is 4.12. The summed E-state index contributed by atoms with van der Waals surface area (Å²) >= 11 is 0. The van der Waals surface area contributed by atoms with Gasteiger partial charge in [0.2, 0.25) is 0 Å². The van der Waals surface area contributed by atoms with E-state index in [0.29, 0.717) is 17.9 Å². The van der Waals surface area contributed by atoms with Crippen LogP contribution in [0.4, 0.5) is 0 Å². The third-order valence-corrected chi connectivity index (χ3v) is 4.12. The maximum atomic E-state index is 12.3. The summed E-state index contributed by atoms with van der Waals surface area (Å²) in [6, 6.07) is 5.52. The average molecular weight is 334 g/mol. The Morgan fingerprint density at radius 3 is 2.62 bits per heavy atom. The minimum Gasteiger partial charge on any atom is -0.494 e. The van der Waals surface area contributed by atoms with Crippen molar-refractivity contribution >= 4 is 16.9 Å². The number of rotatable bonds is 8. The topological polar surface area (TPSA) is 94.5 Å². The van der Waals surface area contributed by atoms with E-state index in [9.17, 15) is 14.9 Å². The highest BCUT2D eigenvalue weighted by atomic mass is 16.6. The van der Waals surface area contributed by atoms with Gasteiger partial charge in [-0.05, 0) is 37.6 Å². The molecule has 1 heterocycles. The molecule has 2 rings (SSSR count). The molecule has 0 aliphatic rings. The predicted molar refractivity (Wildman–Crippen MR) is 89.8 cm³/mol. The van der Waals surface area contributed by atoms with Crippen molar-refractivity contribution in [2.24, 2.45) is 0 Å². The molecule has 1 unspecified atom stereocenters. The molecule has 7 heteroatoms. The molecule has 0 radical (unpaired) electrons. The third kappa shape index (κ3) is 3.20. The Bertz CT molecular complexity index is 740. The summed E-state index contributed by atoms with van der Waals surface area (Å²) in [5, 5.41) is 12.5. The number of esters is 1. The molecule has 0 saturated carbocycles. The van der Waals surface area contributed by atoms with Crippen molar-refractivity contribution in [1.29, 1.82) is 0 Å². The molecule has 0 aliphatic carbocycles. The smallest absolute Gasteiger partial charge is 0.385 e. The highest BCUT2D eigenvalue weighted by Crippen LogP contribution is 2.30. The Morgan fingerprint density at radius 1 is 1.29 bits per heavy atom. The molecule has 0 aliphatic heterocycles. The lowest BCUT2D eigenvalue weighted by atomic mass is 9.88. The number of aromatic nitrogens is 1. The van der Waals surface area contributed by atoms with Crippen molar-refractivity contribution in [3.8, 4) is 5.75 Å². The number of hydrogen-bond acceptors (Lipinski definition) is 5. The molecule has 2 aromatic rings. The lowest BCUT2D eigenvalue weighted by Crippen LogP contribution is -2.49. The number of ether oxygens (including phenoxy) is 2. The van der Waals surface area contributed by atoms with Gasteiger partial charge in [0.15, 0.2) is 0 Å². The molecule has 0 fully saturated rings. The molecule has 1 aromatic heterocycles. The molecule has 1 atom stereocenters. The van der Waals surface area contributed by atoms with Gasteiger partial charge < -0.3 is 14.5 Å². The summed E-state index contributed by atoms with van der Waals surface area (Å²) in [4.78, 5) is 26.5. The van der Waals surface area contributed by atoms with Crippen LogP contribution in [0.3, 0.4) is 0 Å². The van der Waals surface area contributed by atoms with Crippen LogP contribution in [-0.4, -0.2) is 34.6 Å². The second-order valence-corrected chi connectivity index (χ2v) is 5.49. The van der Waals surface area contributed by atoms with Crippen LogP contribution in [0.5, 0.6) is 5.75 Å². The zero-order valence-electron chi connectivity index (χ0n) is 14.1. The number of carbonyl (C=O) groups is 1. The van der Waals surface area contributed by atoms with Gasteiger partial charge in [-0.25, -0.2) is 4.79 Å². The van der Waals surface area contributed by atoms with E-state index in [2.05, 4.69) is 4.98 Å². The van der Waals surface area contributed by atoms with Gasteiger partial charge in [0.1, 0.15) is 5.75 Å². The minimum absolute atomic E-state index is 0.0368. The van der Waals surface area contributed by atoms with Crippen LogP contribution in [0.1, 0.15) is 32.8 Å². The molecule has 130 valence electrons. The van der Waals surface area contributed by atoms with Crippen LogP contribution >= 0.6 is 0 Å². The van der Waals surface area contributed by atoms with Crippen molar-refractivity contribution in [1.82, 2.24) is 4.98 Å². The Hall–Kier alpha value is -2.57. The van der Waals surface area contributed by atoms with Crippen molar-refractivity contribution in [3.05, 3.63) is 40.1 Å². The molecule has 0 saturated heterocycles. The van der Waals surface area contributed by atoms with Crippen LogP contribution in [0.2, 0.25) is 0 Å². The van der Waals surface area contributed by atoms with E-state index in [1.54, 1.807) is 20.0 Å². The first-order valence-corrected chi connectivity index (χ1v) is 8.03. The van der Waals surface area contributed by atoms with E-state index in [4.69, 9.17) is 9.47 Å². The lowest BCUT2D eigenvalue weighted by Gasteiger charge is -2.21. The van der Waals surface area contributed by atoms with Gasteiger partial charge in [0.25, 0.3) is 0 Å². The standard InChI is InChI=1S/C17H22N2O5/c1-4-17(19(21)22,16(20)24-6-3)10-12-11-18-15-8-7-13(23-5-2)9-14(12)15/h7-9,11,18H,4-6,10H2,1-3H3. The van der Waals surface area contributed by atoms with Crippen LogP contribution < -0.4 is 4.74 Å². The molecular weight excluding hydrogens is 312 g/mol. The predicted octanol–water partition coefficient (Wildman–Crippen LogP) is 3.10. The van der Waals surface area contributed by atoms with Crippen LogP contribution in [0, 0.1) is 10.1 Å². The summed E-state index contributed by atoms with van der Waals surface area (Å²) in [6.45, 7) is 5.79. The van der Waals surface area contributed by atoms with Gasteiger partial charge in [-0.2, -0.15) is 0 Å². The van der Waals surface area contributed by atoms with Gasteiger partial charge >= 0.3 is 11.5 Å². The molecule has 1 aromatic carbocycles. The van der Waals surface area contributed by atoms with Gasteiger partial charge in [-0.3, -0.25) is 10.1 Å². The van der Waals surface area contributed by atoms with Crippen LogP contribution in [0.25, 0.3) is 10.9 Å². The summed E-state index contributed by atoms with van der Waals surface area (Å²) in [5.41, 5.74) is -0.254. The fraction of sp³-hybridized carbons (Fsp3) is 0.471. The van der Waals surface area contributed by atoms with Crippen molar-refractivity contribution < 1.29 is 19.2 Å². The Kier molecular flexibility index (Phi) is 5.43. The largest absolute Gasteiger partial charge is 0.494 e. The number of nitro groups is 1. The number of nitrogens with zero attached hydrogens (tertiary/aromatic N) is 1. The number of nitrogens with one attached hydrogen (secondary N) is 1. The summed E-state index contributed by atoms with van der Waals surface area (Å²) in [5.74, 6) is -0.113. The van der Waals surface area contributed by atoms with E-state index in [1.165, 1.54) is 0 Å². The normalized spacial score (nSPS) is 13.5. The number of aromatic amines is 1. The minimum atomic E-state index is -1.78. The quantitative estimate of drug-likeness (QED) is 0.455. The van der Waals surface area contributed by atoms with Crippen molar-refractivity contribution in [3.63, 3.8) is 0 Å². The van der Waals surface area contributed by atoms with E-state index in [1.807, 2.05) is 25.1 Å². The SMILES string of the molecule is CCOC(=O)C(CC)(Cc1c[nH]c2ccc(OCC)cc12)[N+](=O)[O-]. The Labute approximate surface area is 140 Å². The molecule has 0 bridgehead atoms. The lowest BCUT2D eigenvalue weighted by molar-refractivity contribution is -0.555. The van der Waals surface area contributed by atoms with Crippen molar-refractivity contribution in [2.75, 3.05) is 13.2 Å². The van der Waals surface area contributed by atoms with Gasteiger partial charge in [0.05, 0.1) is 19.6 Å². The summed E-state index contributed by atoms with van der Waals surface area (Å²) < 4.78 is 10.5. The number of H-pyrrole nitrogens is 1. The fourth-order valence-electron chi connectivity index (χ4n) is 2.75. The molecule has 7 nitrogen and oxygen atoms in total. The summed E-state index contributed by atoms with van der Waals surface area (Å²) in [7, 11) is 0. The highest BCUT2D eigenvalue weighted by Gasteiger charge is 2.51. The fourth-order valence-corrected chi connectivity index (χ4v) is 2.75. The van der Waals surface area contributed by atoms with Gasteiger partial charge in [-0.1, -0.05) is 6.92 Å². The van der Waals surface area contributed by atoms with Gasteiger partial charge in [0, 0.05) is 28.4 Å². The van der Waals surface area contributed by atoms with E-state index in [0.717, 1.165) is 10.9 Å². The second-order valence-electron chi connectivity index (χ2n) is 5.49. The van der Waals surface area contributed by atoms with Crippen molar-refractivity contribution in [2.45, 2.75) is 39.2 Å². The number of hydrogen-bond donors (Lipinski definition) is 1. The highest BCUT2D eigenvalue weighted by molar-refractivity contribution is 5.86. The Morgan fingerprint density at radius 2 is 2.04 bits per heavy atom. The molecule has 0 amide bonds. The zero-order valence-corrected chi connectivity index (χ0v) is 14.1. The number of benzene rings is 1. The van der Waals surface area contributed by atoms with E-state index in [-0.39, 0.29) is 19.4 Å². The molecule has 1 N–H and O–H groups in total. The maximum Gasteiger partial charge on any atom is 0.385 e. The number of carbonyl (C=O) groups excluding carboxylic acids is 1.